The summed E-state index contributed by atoms with van der Waals surface area (Å²) in [7, 11) is 0. The smallest absolute Gasteiger partial charge is 0.261 e. The van der Waals surface area contributed by atoms with Crippen LogP contribution in [0, 0.1) is 11.6 Å². The molecule has 0 aliphatic heterocycles. The van der Waals surface area contributed by atoms with Gasteiger partial charge in [-0.3, -0.25) is 4.79 Å². The molecule has 3 rings (SSSR count). The first kappa shape index (κ1) is 15.0. The number of hydrogen-bond acceptors (Lipinski definition) is 4. The molecule has 9 heteroatoms. The summed E-state index contributed by atoms with van der Waals surface area (Å²) in [5, 5.41) is 16.0. The van der Waals surface area contributed by atoms with Crippen molar-refractivity contribution in [1.82, 2.24) is 20.6 Å². The van der Waals surface area contributed by atoms with Crippen molar-refractivity contribution in [2.45, 2.75) is 0 Å². The number of anilines is 1. The van der Waals surface area contributed by atoms with Gasteiger partial charge in [0.05, 0.1) is 5.69 Å². The highest BCUT2D eigenvalue weighted by atomic mass is 35.5. The molecule has 0 bridgehead atoms. The molecule has 0 fully saturated rings. The number of hydrogen-bond donors (Lipinski definition) is 2. The maximum absolute atomic E-state index is 13.7. The van der Waals surface area contributed by atoms with Gasteiger partial charge >= 0.3 is 0 Å². The molecule has 0 atom stereocenters. The highest BCUT2D eigenvalue weighted by Gasteiger charge is 2.19. The lowest BCUT2D eigenvalue weighted by atomic mass is 10.1. The van der Waals surface area contributed by atoms with E-state index in [-0.39, 0.29) is 11.5 Å². The normalized spacial score (nSPS) is 10.6. The van der Waals surface area contributed by atoms with Gasteiger partial charge in [0.2, 0.25) is 5.82 Å². The van der Waals surface area contributed by atoms with Gasteiger partial charge in [0, 0.05) is 10.6 Å². The van der Waals surface area contributed by atoms with E-state index >= 15 is 0 Å². The second kappa shape index (κ2) is 6.09. The third-order valence-corrected chi connectivity index (χ3v) is 3.24. The summed E-state index contributed by atoms with van der Waals surface area (Å²) in [6, 6.07) is 7.70. The van der Waals surface area contributed by atoms with Crippen molar-refractivity contribution in [3.63, 3.8) is 0 Å². The first-order valence-corrected chi connectivity index (χ1v) is 6.73. The van der Waals surface area contributed by atoms with Crippen LogP contribution in [0.1, 0.15) is 10.4 Å². The van der Waals surface area contributed by atoms with Gasteiger partial charge < -0.3 is 5.32 Å². The molecule has 0 aliphatic carbocycles. The molecule has 1 heterocycles. The van der Waals surface area contributed by atoms with E-state index in [1.54, 1.807) is 12.1 Å². The summed E-state index contributed by atoms with van der Waals surface area (Å²) in [5.74, 6) is -2.69. The molecule has 0 saturated carbocycles. The predicted octanol–water partition coefficient (Wildman–Crippen LogP) is 3.05. The molecule has 3 aromatic rings. The molecular formula is C14H8ClF2N5O. The zero-order valence-corrected chi connectivity index (χ0v) is 12.1. The van der Waals surface area contributed by atoms with E-state index in [4.69, 9.17) is 11.6 Å². The van der Waals surface area contributed by atoms with Crippen LogP contribution in [0.15, 0.2) is 36.4 Å². The molecule has 0 aliphatic rings. The average molecular weight is 336 g/mol. The fourth-order valence-corrected chi connectivity index (χ4v) is 2.16. The minimum absolute atomic E-state index is 0.200. The topological polar surface area (TPSA) is 83.6 Å². The van der Waals surface area contributed by atoms with E-state index in [9.17, 15) is 13.6 Å². The number of carbonyl (C=O) groups excluding carboxylic acids is 1. The Balaban J connectivity index is 2.00. The third-order valence-electron chi connectivity index (χ3n) is 3.01. The zero-order valence-electron chi connectivity index (χ0n) is 11.3. The van der Waals surface area contributed by atoms with Crippen molar-refractivity contribution in [1.29, 1.82) is 0 Å². The van der Waals surface area contributed by atoms with E-state index in [1.165, 1.54) is 12.1 Å². The third kappa shape index (κ3) is 3.02. The molecule has 1 aromatic heterocycles. The first-order valence-electron chi connectivity index (χ1n) is 6.35. The maximum Gasteiger partial charge on any atom is 0.261 e. The SMILES string of the molecule is O=C(Nc1cc(Cl)ccc1-c1nn[nH]n1)c1c(F)cccc1F. The fraction of sp³-hybridized carbons (Fsp3) is 0. The summed E-state index contributed by atoms with van der Waals surface area (Å²) in [6.07, 6.45) is 0. The summed E-state index contributed by atoms with van der Waals surface area (Å²) >= 11 is 5.91. The Hall–Kier alpha value is -2.87. The molecule has 1 amide bonds. The summed E-state index contributed by atoms with van der Waals surface area (Å²) in [4.78, 5) is 12.2. The van der Waals surface area contributed by atoms with Crippen molar-refractivity contribution in [3.05, 3.63) is 58.6 Å². The van der Waals surface area contributed by atoms with Crippen molar-refractivity contribution in [3.8, 4) is 11.4 Å². The Morgan fingerprint density at radius 2 is 1.91 bits per heavy atom. The van der Waals surface area contributed by atoms with E-state index in [0.717, 1.165) is 12.1 Å². The standard InChI is InChI=1S/C14H8ClF2N5O/c15-7-4-5-8(13-19-21-22-20-13)11(6-7)18-14(23)12-9(16)2-1-3-10(12)17/h1-6H,(H,18,23)(H,19,20,21,22). The van der Waals surface area contributed by atoms with Crippen molar-refractivity contribution in [2.75, 3.05) is 5.32 Å². The molecule has 0 radical (unpaired) electrons. The quantitative estimate of drug-likeness (QED) is 0.770. The number of nitrogens with one attached hydrogen (secondary N) is 2. The Morgan fingerprint density at radius 3 is 2.57 bits per heavy atom. The number of rotatable bonds is 3. The molecule has 116 valence electrons. The van der Waals surface area contributed by atoms with Crippen LogP contribution in [0.25, 0.3) is 11.4 Å². The van der Waals surface area contributed by atoms with Crippen LogP contribution >= 0.6 is 11.6 Å². The van der Waals surface area contributed by atoms with Gasteiger partial charge in [-0.2, -0.15) is 5.21 Å². The predicted molar refractivity (Wildman–Crippen MR) is 78.9 cm³/mol. The monoisotopic (exact) mass is 335 g/mol. The molecule has 0 saturated heterocycles. The number of tetrazole rings is 1. The minimum Gasteiger partial charge on any atom is -0.321 e. The summed E-state index contributed by atoms with van der Waals surface area (Å²) in [5.41, 5.74) is -0.0914. The van der Waals surface area contributed by atoms with Gasteiger partial charge in [0.25, 0.3) is 5.91 Å². The molecular weight excluding hydrogens is 328 g/mol. The largest absolute Gasteiger partial charge is 0.321 e. The van der Waals surface area contributed by atoms with E-state index < -0.39 is 23.1 Å². The van der Waals surface area contributed by atoms with Gasteiger partial charge in [0.1, 0.15) is 17.2 Å². The zero-order chi connectivity index (χ0) is 16.4. The first-order chi connectivity index (χ1) is 11.1. The fourth-order valence-electron chi connectivity index (χ4n) is 1.99. The Kier molecular flexibility index (Phi) is 3.98. The molecule has 2 N–H and O–H groups in total. The number of nitrogens with zero attached hydrogens (tertiary/aromatic N) is 3. The van der Waals surface area contributed by atoms with Crippen molar-refractivity contribution >= 4 is 23.2 Å². The van der Waals surface area contributed by atoms with E-state index in [0.29, 0.717) is 10.6 Å². The van der Waals surface area contributed by atoms with Gasteiger partial charge in [-0.15, -0.1) is 10.2 Å². The molecule has 0 spiro atoms. The lowest BCUT2D eigenvalue weighted by molar-refractivity contribution is 0.101. The van der Waals surface area contributed by atoms with Crippen molar-refractivity contribution < 1.29 is 13.6 Å². The Morgan fingerprint density at radius 1 is 1.17 bits per heavy atom. The van der Waals surface area contributed by atoms with Gasteiger partial charge in [0.15, 0.2) is 0 Å². The maximum atomic E-state index is 13.7. The number of aromatic nitrogens is 4. The van der Waals surface area contributed by atoms with Crippen LogP contribution in [-0.2, 0) is 0 Å². The highest BCUT2D eigenvalue weighted by molar-refractivity contribution is 6.31. The van der Waals surface area contributed by atoms with Crippen LogP contribution in [-0.4, -0.2) is 26.5 Å². The van der Waals surface area contributed by atoms with Crippen LogP contribution in [0.5, 0.6) is 0 Å². The lowest BCUT2D eigenvalue weighted by Gasteiger charge is -2.10. The number of carbonyl (C=O) groups is 1. The summed E-state index contributed by atoms with van der Waals surface area (Å²) < 4.78 is 27.4. The number of amides is 1. The molecule has 2 aromatic carbocycles. The second-order valence-corrected chi connectivity index (χ2v) is 4.91. The molecule has 0 unspecified atom stereocenters. The number of benzene rings is 2. The summed E-state index contributed by atoms with van der Waals surface area (Å²) in [6.45, 7) is 0. The Bertz CT molecular complexity index is 849. The molecule has 6 nitrogen and oxygen atoms in total. The number of aromatic amines is 1. The van der Waals surface area contributed by atoms with Gasteiger partial charge in [-0.1, -0.05) is 17.7 Å². The number of halogens is 3. The lowest BCUT2D eigenvalue weighted by Crippen LogP contribution is -2.16. The number of H-pyrrole nitrogens is 1. The van der Waals surface area contributed by atoms with Crippen LogP contribution in [0.4, 0.5) is 14.5 Å². The van der Waals surface area contributed by atoms with Gasteiger partial charge in [-0.25, -0.2) is 8.78 Å². The van der Waals surface area contributed by atoms with E-state index in [1.807, 2.05) is 0 Å². The van der Waals surface area contributed by atoms with Crippen molar-refractivity contribution in [2.24, 2.45) is 0 Å². The minimum atomic E-state index is -0.967. The van der Waals surface area contributed by atoms with Gasteiger partial charge in [-0.05, 0) is 35.5 Å². The highest BCUT2D eigenvalue weighted by Crippen LogP contribution is 2.28. The van der Waals surface area contributed by atoms with Crippen LogP contribution in [0.2, 0.25) is 5.02 Å². The second-order valence-electron chi connectivity index (χ2n) is 4.48. The molecule has 23 heavy (non-hydrogen) atoms. The van der Waals surface area contributed by atoms with Crippen LogP contribution in [0.3, 0.4) is 0 Å². The van der Waals surface area contributed by atoms with Crippen LogP contribution < -0.4 is 5.32 Å². The Labute approximate surface area is 133 Å². The van der Waals surface area contributed by atoms with E-state index in [2.05, 4.69) is 25.9 Å². The average Bonchev–Trinajstić information content (AvgIpc) is 3.01.